The summed E-state index contributed by atoms with van der Waals surface area (Å²) in [6, 6.07) is -0.0926. The summed E-state index contributed by atoms with van der Waals surface area (Å²) in [6.45, 7) is 3.44. The number of hydrogen-bond acceptors (Lipinski definition) is 2. The maximum absolute atomic E-state index is 8.50. The molecule has 0 aliphatic heterocycles. The second-order valence-electron chi connectivity index (χ2n) is 1.60. The van der Waals surface area contributed by atoms with Crippen LogP contribution in [0.15, 0.2) is 0 Å². The zero-order chi connectivity index (χ0) is 5.15. The van der Waals surface area contributed by atoms with Crippen molar-refractivity contribution in [1.82, 2.24) is 0 Å². The van der Waals surface area contributed by atoms with Gasteiger partial charge in [-0.15, -0.1) is 0 Å². The largest absolute Gasteiger partial charge is 1.00 e. The Kier molecular flexibility index (Phi) is 6.40. The first-order chi connectivity index (χ1) is 2.64. The Hall–Kier alpha value is 0.210. The monoisotopic (exact) mass is 124 g/mol. The van der Waals surface area contributed by atoms with Gasteiger partial charge in [0.1, 0.15) is 0 Å². The predicted octanol–water partition coefficient (Wildman–Crippen LogP) is -3.28. The van der Waals surface area contributed by atoms with Crippen molar-refractivity contribution >= 4 is 0 Å². The second kappa shape index (κ2) is 4.37. The maximum Gasteiger partial charge on any atom is 0.0660 e. The molecule has 0 saturated heterocycles. The normalized spacial score (nSPS) is 17.1. The molecular weight excluding hydrogens is 114 g/mol. The van der Waals surface area contributed by atoms with Crippen molar-refractivity contribution in [2.45, 2.75) is 26.0 Å². The number of aliphatic hydroxyl groups is 1. The average Bonchev–Trinajstić information content (AvgIpc) is 1.36. The maximum atomic E-state index is 8.50. The molecule has 46 valence electrons. The fraction of sp³-hybridized carbons (Fsp3) is 1.00. The van der Waals surface area contributed by atoms with E-state index in [2.05, 4.69) is 0 Å². The van der Waals surface area contributed by atoms with E-state index >= 15 is 0 Å². The van der Waals surface area contributed by atoms with E-state index in [0.29, 0.717) is 0 Å². The van der Waals surface area contributed by atoms with Crippen LogP contribution in [0.25, 0.3) is 0 Å². The third-order valence-electron chi connectivity index (χ3n) is 0.761. The van der Waals surface area contributed by atoms with Crippen LogP contribution >= 0.6 is 0 Å². The van der Waals surface area contributed by atoms with Gasteiger partial charge in [-0.25, -0.2) is 0 Å². The first kappa shape index (κ1) is 10.2. The van der Waals surface area contributed by atoms with Gasteiger partial charge in [-0.2, -0.15) is 0 Å². The van der Waals surface area contributed by atoms with Crippen molar-refractivity contribution in [3.05, 3.63) is 0 Å². The van der Waals surface area contributed by atoms with Gasteiger partial charge in [0.25, 0.3) is 0 Å². The Bertz CT molecular complexity index is 32.7. The third-order valence-corrected chi connectivity index (χ3v) is 0.761. The lowest BCUT2D eigenvalue weighted by Crippen LogP contribution is -3.00. The molecule has 0 saturated carbocycles. The smallest absolute Gasteiger partial charge is 0.0660 e. The topological polar surface area (TPSA) is 46.2 Å². The Labute approximate surface area is 50.1 Å². The quantitative estimate of drug-likeness (QED) is 0.385. The molecular formula is C4H11ClNO-. The number of halogens is 1. The molecule has 3 heteroatoms. The molecule has 0 spiro atoms. The van der Waals surface area contributed by atoms with Crippen LogP contribution in [0, 0.1) is 0 Å². The van der Waals surface area contributed by atoms with E-state index in [-0.39, 0.29) is 24.6 Å². The molecule has 0 rings (SSSR count). The van der Waals surface area contributed by atoms with Gasteiger partial charge in [0.15, 0.2) is 0 Å². The fourth-order valence-corrected chi connectivity index (χ4v) is 0. The molecule has 2 atom stereocenters. The van der Waals surface area contributed by atoms with E-state index in [1.807, 2.05) is 0 Å². The number of nitrogens with two attached hydrogens (primary N) is 1. The van der Waals surface area contributed by atoms with Crippen LogP contribution in [0.5, 0.6) is 0 Å². The minimum atomic E-state index is -0.370. The number of aliphatic hydroxyl groups excluding tert-OH is 1. The van der Waals surface area contributed by atoms with Gasteiger partial charge in [0.05, 0.1) is 6.10 Å². The SMILES string of the molecule is C[C@H](N)[C@@H](C)O.[Cl-]. The van der Waals surface area contributed by atoms with Gasteiger partial charge >= 0.3 is 0 Å². The highest BCUT2D eigenvalue weighted by molar-refractivity contribution is 4.57. The molecule has 0 bridgehead atoms. The van der Waals surface area contributed by atoms with Crippen LogP contribution < -0.4 is 18.1 Å². The Morgan fingerprint density at radius 1 is 1.43 bits per heavy atom. The zero-order valence-electron chi connectivity index (χ0n) is 4.56. The molecule has 0 aromatic rings. The molecule has 0 aromatic heterocycles. The first-order valence-corrected chi connectivity index (χ1v) is 2.08. The van der Waals surface area contributed by atoms with E-state index in [9.17, 15) is 0 Å². The van der Waals surface area contributed by atoms with Crippen molar-refractivity contribution in [3.63, 3.8) is 0 Å². The van der Waals surface area contributed by atoms with Crippen molar-refractivity contribution in [1.29, 1.82) is 0 Å². The minimum absolute atomic E-state index is 0. The summed E-state index contributed by atoms with van der Waals surface area (Å²) < 4.78 is 0. The highest BCUT2D eigenvalue weighted by Gasteiger charge is 1.97. The molecule has 0 amide bonds. The summed E-state index contributed by atoms with van der Waals surface area (Å²) in [7, 11) is 0. The molecule has 0 heterocycles. The van der Waals surface area contributed by atoms with E-state index in [1.54, 1.807) is 13.8 Å². The molecule has 0 fully saturated rings. The third kappa shape index (κ3) is 6.21. The molecule has 0 aliphatic carbocycles. The van der Waals surface area contributed by atoms with Crippen LogP contribution in [0.1, 0.15) is 13.8 Å². The Morgan fingerprint density at radius 3 is 1.57 bits per heavy atom. The molecule has 0 aliphatic rings. The molecule has 7 heavy (non-hydrogen) atoms. The molecule has 0 aromatic carbocycles. The van der Waals surface area contributed by atoms with Crippen molar-refractivity contribution in [2.24, 2.45) is 5.73 Å². The van der Waals surface area contributed by atoms with E-state index in [4.69, 9.17) is 10.8 Å². The highest BCUT2D eigenvalue weighted by Crippen LogP contribution is 1.81. The van der Waals surface area contributed by atoms with E-state index in [1.165, 1.54) is 0 Å². The summed E-state index contributed by atoms with van der Waals surface area (Å²) >= 11 is 0. The van der Waals surface area contributed by atoms with Gasteiger partial charge in [-0.3, -0.25) is 0 Å². The first-order valence-electron chi connectivity index (χ1n) is 2.08. The van der Waals surface area contributed by atoms with Gasteiger partial charge < -0.3 is 23.2 Å². The Balaban J connectivity index is 0. The van der Waals surface area contributed by atoms with E-state index < -0.39 is 0 Å². The van der Waals surface area contributed by atoms with Crippen molar-refractivity contribution in [2.75, 3.05) is 0 Å². The molecule has 2 nitrogen and oxygen atoms in total. The lowest BCUT2D eigenvalue weighted by atomic mass is 10.2. The van der Waals surface area contributed by atoms with Crippen LogP contribution in [0.2, 0.25) is 0 Å². The summed E-state index contributed by atoms with van der Waals surface area (Å²) in [5.41, 5.74) is 5.19. The molecule has 0 unspecified atom stereocenters. The van der Waals surface area contributed by atoms with Crippen LogP contribution in [0.3, 0.4) is 0 Å². The zero-order valence-corrected chi connectivity index (χ0v) is 5.31. The van der Waals surface area contributed by atoms with Gasteiger partial charge in [-0.1, -0.05) is 0 Å². The lowest BCUT2D eigenvalue weighted by molar-refractivity contribution is -0.00000328. The van der Waals surface area contributed by atoms with Gasteiger partial charge in [0, 0.05) is 6.04 Å². The summed E-state index contributed by atoms with van der Waals surface area (Å²) in [5.74, 6) is 0. The van der Waals surface area contributed by atoms with Crippen LogP contribution in [-0.2, 0) is 0 Å². The summed E-state index contributed by atoms with van der Waals surface area (Å²) in [5, 5.41) is 8.50. The lowest BCUT2D eigenvalue weighted by Gasteiger charge is -2.04. The predicted molar refractivity (Wildman–Crippen MR) is 25.3 cm³/mol. The number of hydrogen-bond donors (Lipinski definition) is 2. The summed E-state index contributed by atoms with van der Waals surface area (Å²) in [4.78, 5) is 0. The fourth-order valence-electron chi connectivity index (χ4n) is 0. The molecule has 0 radical (unpaired) electrons. The van der Waals surface area contributed by atoms with Gasteiger partial charge in [-0.05, 0) is 13.8 Å². The van der Waals surface area contributed by atoms with Crippen LogP contribution in [0.4, 0.5) is 0 Å². The Morgan fingerprint density at radius 2 is 1.57 bits per heavy atom. The molecule has 3 N–H and O–H groups in total. The number of rotatable bonds is 1. The standard InChI is InChI=1S/C4H11NO.ClH/c1-3(5)4(2)6;/h3-4,6H,5H2,1-2H3;1H/p-1/t3-,4+;/m0./s1. The van der Waals surface area contributed by atoms with Crippen LogP contribution in [-0.4, -0.2) is 17.3 Å². The average molecular weight is 125 g/mol. The van der Waals surface area contributed by atoms with E-state index in [0.717, 1.165) is 0 Å². The second-order valence-corrected chi connectivity index (χ2v) is 1.60. The van der Waals surface area contributed by atoms with Crippen molar-refractivity contribution < 1.29 is 17.5 Å². The summed E-state index contributed by atoms with van der Waals surface area (Å²) in [6.07, 6.45) is -0.370. The van der Waals surface area contributed by atoms with Crippen molar-refractivity contribution in [3.8, 4) is 0 Å². The van der Waals surface area contributed by atoms with Gasteiger partial charge in [0.2, 0.25) is 0 Å². The highest BCUT2D eigenvalue weighted by atomic mass is 35.5. The minimum Gasteiger partial charge on any atom is -1.00 e.